The summed E-state index contributed by atoms with van der Waals surface area (Å²) in [5, 5.41) is 11.1. The Hall–Kier alpha value is -4.26. The first-order valence-corrected chi connectivity index (χ1v) is 11.2. The van der Waals surface area contributed by atoms with Crippen molar-refractivity contribution in [2.75, 3.05) is 0 Å². The van der Waals surface area contributed by atoms with Gasteiger partial charge in [-0.15, -0.1) is 0 Å². The van der Waals surface area contributed by atoms with Crippen LogP contribution in [-0.2, 0) is 6.54 Å². The molecule has 34 heavy (non-hydrogen) atoms. The average molecular weight is 455 g/mol. The zero-order chi connectivity index (χ0) is 24.1. The first-order chi connectivity index (χ1) is 16.5. The molecule has 0 saturated heterocycles. The number of amides is 2. The largest absolute Gasteiger partial charge is 0.350 e. The lowest BCUT2D eigenvalue weighted by molar-refractivity contribution is 0.0935. The average Bonchev–Trinajstić information content (AvgIpc) is 2.88. The molecule has 1 heterocycles. The summed E-state index contributed by atoms with van der Waals surface area (Å²) in [5.74, 6) is -0.555. The molecule has 0 saturated carbocycles. The van der Waals surface area contributed by atoms with Gasteiger partial charge in [-0.3, -0.25) is 14.4 Å². The van der Waals surface area contributed by atoms with Crippen LogP contribution in [0.2, 0.25) is 0 Å². The smallest absolute Gasteiger partial charge is 0.279 e. The third-order valence-corrected chi connectivity index (χ3v) is 5.65. The monoisotopic (exact) mass is 454 g/mol. The summed E-state index contributed by atoms with van der Waals surface area (Å²) in [6, 6.07) is 23.1. The molecule has 0 aliphatic carbocycles. The molecule has 3 aromatic carbocycles. The molecule has 2 amide bonds. The van der Waals surface area contributed by atoms with Gasteiger partial charge >= 0.3 is 0 Å². The number of fused-ring (bicyclic) bond motifs is 1. The van der Waals surface area contributed by atoms with Crippen molar-refractivity contribution in [2.24, 2.45) is 0 Å². The Bertz CT molecular complexity index is 1400. The topological polar surface area (TPSA) is 93.1 Å². The Morgan fingerprint density at radius 2 is 1.62 bits per heavy atom. The van der Waals surface area contributed by atoms with Crippen LogP contribution < -0.4 is 16.2 Å². The Balaban J connectivity index is 1.61. The predicted molar refractivity (Wildman–Crippen MR) is 132 cm³/mol. The lowest BCUT2D eigenvalue weighted by Crippen LogP contribution is -2.32. The number of carbonyl (C=O) groups excluding carboxylic acids is 2. The van der Waals surface area contributed by atoms with E-state index in [0.717, 1.165) is 12.0 Å². The van der Waals surface area contributed by atoms with Gasteiger partial charge in [0.2, 0.25) is 0 Å². The Labute approximate surface area is 197 Å². The predicted octanol–water partition coefficient (Wildman–Crippen LogP) is 3.84. The van der Waals surface area contributed by atoms with E-state index in [9.17, 15) is 14.4 Å². The maximum atomic E-state index is 13.2. The molecule has 4 rings (SSSR count). The molecule has 7 nitrogen and oxygen atoms in total. The summed E-state index contributed by atoms with van der Waals surface area (Å²) >= 11 is 0. The van der Waals surface area contributed by atoms with Crippen molar-refractivity contribution in [3.8, 4) is 5.69 Å². The molecule has 0 aliphatic rings. The van der Waals surface area contributed by atoms with Gasteiger partial charge in [0.05, 0.1) is 11.1 Å². The minimum Gasteiger partial charge on any atom is -0.350 e. The van der Waals surface area contributed by atoms with Crippen molar-refractivity contribution in [2.45, 2.75) is 32.9 Å². The molecule has 7 heteroatoms. The second-order valence-corrected chi connectivity index (χ2v) is 8.11. The number of hydrogen-bond donors (Lipinski definition) is 2. The number of aromatic nitrogens is 2. The highest BCUT2D eigenvalue weighted by Crippen LogP contribution is 2.15. The highest BCUT2D eigenvalue weighted by Gasteiger charge is 2.17. The first-order valence-electron chi connectivity index (χ1n) is 11.2. The Morgan fingerprint density at radius 3 is 2.35 bits per heavy atom. The summed E-state index contributed by atoms with van der Waals surface area (Å²) in [6.07, 6.45) is 0.841. The van der Waals surface area contributed by atoms with Gasteiger partial charge in [0, 0.05) is 23.5 Å². The van der Waals surface area contributed by atoms with E-state index in [1.54, 1.807) is 54.6 Å². The van der Waals surface area contributed by atoms with Crippen LogP contribution in [0, 0.1) is 0 Å². The van der Waals surface area contributed by atoms with E-state index in [4.69, 9.17) is 0 Å². The number of para-hydroxylation sites is 1. The summed E-state index contributed by atoms with van der Waals surface area (Å²) in [4.78, 5) is 38.6. The zero-order valence-electron chi connectivity index (χ0n) is 19.1. The quantitative estimate of drug-likeness (QED) is 0.444. The summed E-state index contributed by atoms with van der Waals surface area (Å²) in [5.41, 5.74) is 1.76. The molecule has 1 unspecified atom stereocenters. The number of carbonyl (C=O) groups is 2. The van der Waals surface area contributed by atoms with E-state index in [-0.39, 0.29) is 29.7 Å². The van der Waals surface area contributed by atoms with Crippen molar-refractivity contribution >= 4 is 22.6 Å². The van der Waals surface area contributed by atoms with Crippen molar-refractivity contribution < 1.29 is 9.59 Å². The van der Waals surface area contributed by atoms with Gasteiger partial charge in [-0.1, -0.05) is 55.5 Å². The van der Waals surface area contributed by atoms with E-state index in [0.29, 0.717) is 22.0 Å². The number of nitrogens with one attached hydrogen (secondary N) is 2. The van der Waals surface area contributed by atoms with E-state index < -0.39 is 5.91 Å². The zero-order valence-corrected chi connectivity index (χ0v) is 19.1. The fraction of sp³-hybridized carbons (Fsp3) is 0.185. The highest BCUT2D eigenvalue weighted by atomic mass is 16.2. The van der Waals surface area contributed by atoms with E-state index >= 15 is 0 Å². The van der Waals surface area contributed by atoms with Gasteiger partial charge < -0.3 is 10.6 Å². The second kappa shape index (κ2) is 10.1. The van der Waals surface area contributed by atoms with Crippen molar-refractivity contribution in [1.29, 1.82) is 0 Å². The third kappa shape index (κ3) is 4.88. The van der Waals surface area contributed by atoms with Crippen LogP contribution >= 0.6 is 0 Å². The minimum absolute atomic E-state index is 0.0792. The van der Waals surface area contributed by atoms with Crippen LogP contribution in [0.4, 0.5) is 0 Å². The lowest BCUT2D eigenvalue weighted by Gasteiger charge is -2.13. The van der Waals surface area contributed by atoms with Crippen molar-refractivity contribution in [1.82, 2.24) is 20.4 Å². The maximum Gasteiger partial charge on any atom is 0.279 e. The fourth-order valence-electron chi connectivity index (χ4n) is 3.60. The Morgan fingerprint density at radius 1 is 0.912 bits per heavy atom. The van der Waals surface area contributed by atoms with Crippen LogP contribution in [0.3, 0.4) is 0 Å². The van der Waals surface area contributed by atoms with Crippen LogP contribution in [0.25, 0.3) is 16.5 Å². The minimum atomic E-state index is -0.407. The molecule has 0 bridgehead atoms. The van der Waals surface area contributed by atoms with E-state index in [1.807, 2.05) is 38.1 Å². The summed E-state index contributed by atoms with van der Waals surface area (Å²) in [6.45, 7) is 4.17. The van der Waals surface area contributed by atoms with E-state index in [1.165, 1.54) is 4.68 Å². The lowest BCUT2D eigenvalue weighted by atomic mass is 10.1. The van der Waals surface area contributed by atoms with Gasteiger partial charge in [0.1, 0.15) is 0 Å². The highest BCUT2D eigenvalue weighted by molar-refractivity contribution is 6.04. The van der Waals surface area contributed by atoms with E-state index in [2.05, 4.69) is 15.7 Å². The first kappa shape index (κ1) is 22.9. The number of rotatable bonds is 7. The SMILES string of the molecule is CCC(C)NC(=O)c1cccc(CNC(=O)c2nn(-c3ccccc3)c(=O)c3ccccc23)c1. The molecule has 1 aromatic heterocycles. The number of hydrogen-bond acceptors (Lipinski definition) is 4. The molecule has 0 radical (unpaired) electrons. The van der Waals surface area contributed by atoms with Crippen molar-refractivity contribution in [3.05, 3.63) is 106 Å². The van der Waals surface area contributed by atoms with Crippen LogP contribution in [0.5, 0.6) is 0 Å². The van der Waals surface area contributed by atoms with Gasteiger partial charge in [0.15, 0.2) is 5.69 Å². The molecule has 2 N–H and O–H groups in total. The van der Waals surface area contributed by atoms with Crippen LogP contribution in [0.1, 0.15) is 46.7 Å². The molecule has 4 aromatic rings. The summed E-state index contributed by atoms with van der Waals surface area (Å²) in [7, 11) is 0. The fourth-order valence-corrected chi connectivity index (χ4v) is 3.60. The Kier molecular flexibility index (Phi) is 6.82. The second-order valence-electron chi connectivity index (χ2n) is 8.11. The molecular formula is C27H26N4O3. The number of nitrogens with zero attached hydrogens (tertiary/aromatic N) is 2. The maximum absolute atomic E-state index is 13.2. The van der Waals surface area contributed by atoms with Crippen molar-refractivity contribution in [3.63, 3.8) is 0 Å². The number of benzene rings is 3. The standard InChI is InChI=1S/C27H26N4O3/c1-3-18(2)29-25(32)20-11-9-10-19(16-20)17-28-26(33)24-22-14-7-8-15-23(22)27(34)31(30-24)21-12-5-4-6-13-21/h4-16,18H,3,17H2,1-2H3,(H,28,33)(H,29,32). The molecule has 172 valence electrons. The van der Waals surface area contributed by atoms with Gasteiger partial charge in [-0.05, 0) is 49.2 Å². The normalized spacial score (nSPS) is 11.7. The molecule has 0 fully saturated rings. The van der Waals surface area contributed by atoms with Gasteiger partial charge in [-0.25, -0.2) is 0 Å². The molecule has 0 spiro atoms. The molecule has 1 atom stereocenters. The van der Waals surface area contributed by atoms with Crippen LogP contribution in [-0.4, -0.2) is 27.6 Å². The summed E-state index contributed by atoms with van der Waals surface area (Å²) < 4.78 is 1.25. The van der Waals surface area contributed by atoms with Gasteiger partial charge in [0.25, 0.3) is 17.4 Å². The van der Waals surface area contributed by atoms with Gasteiger partial charge in [-0.2, -0.15) is 9.78 Å². The third-order valence-electron chi connectivity index (χ3n) is 5.65. The van der Waals surface area contributed by atoms with Crippen LogP contribution in [0.15, 0.2) is 83.7 Å². The molecular weight excluding hydrogens is 428 g/mol. The molecule has 0 aliphatic heterocycles.